The summed E-state index contributed by atoms with van der Waals surface area (Å²) in [6.07, 6.45) is 5.36. The molecule has 2 N–H and O–H groups in total. The van der Waals surface area contributed by atoms with E-state index in [1.807, 2.05) is 4.90 Å². The number of nitrogens with one attached hydrogen (secondary N) is 1. The Morgan fingerprint density at radius 1 is 1.21 bits per heavy atom. The second-order valence-corrected chi connectivity index (χ2v) is 6.63. The van der Waals surface area contributed by atoms with Crippen LogP contribution >= 0.6 is 0 Å². The minimum atomic E-state index is -1.18. The molecule has 0 unspecified atom stereocenters. The zero-order valence-corrected chi connectivity index (χ0v) is 16.7. The molecule has 29 heavy (non-hydrogen) atoms. The number of carbonyl (C=O) groups is 4. The normalized spacial score (nSPS) is 15.2. The maximum atomic E-state index is 12.4. The molecule has 1 heterocycles. The van der Waals surface area contributed by atoms with Gasteiger partial charge in [0.1, 0.15) is 11.9 Å². The number of carboxylic acid groups (broad SMARTS) is 1. The van der Waals surface area contributed by atoms with Gasteiger partial charge in [-0.2, -0.15) is 0 Å². The van der Waals surface area contributed by atoms with Crippen molar-refractivity contribution < 1.29 is 33.5 Å². The van der Waals surface area contributed by atoms with Gasteiger partial charge in [0.05, 0.1) is 46.1 Å². The number of rotatable bonds is 9. The number of carbonyl (C=O) groups excluding carboxylic acids is 3. The van der Waals surface area contributed by atoms with E-state index < -0.39 is 23.7 Å². The predicted molar refractivity (Wildman–Crippen MR) is 105 cm³/mol. The van der Waals surface area contributed by atoms with Gasteiger partial charge in [-0.15, -0.1) is 0 Å². The largest absolute Gasteiger partial charge is 0.478 e. The van der Waals surface area contributed by atoms with Crippen molar-refractivity contribution in [2.45, 2.75) is 0 Å². The number of carboxylic acids is 1. The van der Waals surface area contributed by atoms with E-state index in [0.717, 1.165) is 24.4 Å². The molecule has 0 saturated carbocycles. The van der Waals surface area contributed by atoms with Crippen LogP contribution < -0.4 is 5.32 Å². The van der Waals surface area contributed by atoms with Gasteiger partial charge in [-0.25, -0.2) is 14.1 Å². The zero-order chi connectivity index (χ0) is 22.0. The molecule has 0 spiro atoms. The van der Waals surface area contributed by atoms with Crippen LogP contribution in [0.4, 0.5) is 0 Å². The summed E-state index contributed by atoms with van der Waals surface area (Å²) in [7, 11) is 2.97. The first-order valence-corrected chi connectivity index (χ1v) is 8.79. The van der Waals surface area contributed by atoms with Gasteiger partial charge in [0, 0.05) is 19.3 Å². The third-order valence-electron chi connectivity index (χ3n) is 4.07. The van der Waals surface area contributed by atoms with Gasteiger partial charge in [-0.05, 0) is 6.08 Å². The van der Waals surface area contributed by atoms with Gasteiger partial charge in [0.2, 0.25) is 0 Å². The van der Waals surface area contributed by atoms with Crippen LogP contribution in [0.1, 0.15) is 0 Å². The van der Waals surface area contributed by atoms with Crippen molar-refractivity contribution in [1.29, 1.82) is 0 Å². The van der Waals surface area contributed by atoms with Crippen molar-refractivity contribution in [1.82, 2.24) is 15.1 Å². The second-order valence-electron chi connectivity index (χ2n) is 6.63. The maximum absolute atomic E-state index is 12.4. The summed E-state index contributed by atoms with van der Waals surface area (Å²) < 4.78 is 4.90. The molecule has 0 aromatic rings. The van der Waals surface area contributed by atoms with Crippen molar-refractivity contribution in [3.05, 3.63) is 49.5 Å². The predicted octanol–water partition coefficient (Wildman–Crippen LogP) is -0.364. The van der Waals surface area contributed by atoms with Crippen molar-refractivity contribution in [3.63, 3.8) is 0 Å². The highest BCUT2D eigenvalue weighted by Gasteiger charge is 2.24. The summed E-state index contributed by atoms with van der Waals surface area (Å²) in [5, 5.41) is 11.0. The fourth-order valence-corrected chi connectivity index (χ4v) is 2.25. The first kappa shape index (κ1) is 24.0. The van der Waals surface area contributed by atoms with E-state index in [9.17, 15) is 19.2 Å². The average molecular weight is 407 g/mol. The average Bonchev–Trinajstić information content (AvgIpc) is 2.70. The van der Waals surface area contributed by atoms with Crippen LogP contribution in [0.3, 0.4) is 0 Å². The molecule has 0 aromatic heterocycles. The van der Waals surface area contributed by atoms with Gasteiger partial charge >= 0.3 is 11.9 Å². The molecule has 1 saturated heterocycles. The Bertz CT molecular complexity index is 735. The van der Waals surface area contributed by atoms with Gasteiger partial charge in [-0.1, -0.05) is 13.2 Å². The van der Waals surface area contributed by atoms with E-state index in [2.05, 4.69) is 18.5 Å². The highest BCUT2D eigenvalue weighted by atomic mass is 16.5. The third kappa shape index (κ3) is 7.82. The number of morpholine rings is 1. The first-order valence-electron chi connectivity index (χ1n) is 8.79. The minimum Gasteiger partial charge on any atom is -0.478 e. The number of amides is 3. The lowest BCUT2D eigenvalue weighted by molar-refractivity contribution is -0.756. The molecule has 1 fully saturated rings. The molecule has 0 bridgehead atoms. The fourth-order valence-electron chi connectivity index (χ4n) is 2.25. The maximum Gasteiger partial charge on any atom is 0.344 e. The van der Waals surface area contributed by atoms with Crippen LogP contribution in [0.25, 0.3) is 0 Å². The van der Waals surface area contributed by atoms with Crippen molar-refractivity contribution in [2.24, 2.45) is 0 Å². The van der Waals surface area contributed by atoms with Crippen LogP contribution in [-0.2, 0) is 23.9 Å². The Labute approximate surface area is 169 Å². The van der Waals surface area contributed by atoms with Crippen molar-refractivity contribution in [2.75, 3.05) is 47.1 Å². The quantitative estimate of drug-likeness (QED) is 0.396. The first-order chi connectivity index (χ1) is 13.6. The molecule has 0 atom stereocenters. The number of ether oxygens (including phenoxy) is 1. The van der Waals surface area contributed by atoms with Crippen LogP contribution in [0.15, 0.2) is 49.5 Å². The lowest BCUT2D eigenvalue weighted by Crippen LogP contribution is -2.47. The van der Waals surface area contributed by atoms with Crippen LogP contribution in [0.5, 0.6) is 0 Å². The van der Waals surface area contributed by atoms with Crippen LogP contribution in [0.2, 0.25) is 0 Å². The number of likely N-dealkylation sites (N-methyl/N-ethyl adjacent to an activating group) is 1. The standard InChI is InChI=1S/C19H26N4O6/c1-5-16(24)22(14-21-9-12-29-13-10-21)15(2)19(28)20-8-6-17(25)23(3,4)11-7-18(26)27/h5-8,11H,1-2,9-10,12-14H2,3-4H3,(H-,20,25,26,27,28)/p+1. The summed E-state index contributed by atoms with van der Waals surface area (Å²) in [4.78, 5) is 50.4. The molecule has 158 valence electrons. The number of nitrogens with zero attached hydrogens (tertiary/aromatic N) is 3. The molecular weight excluding hydrogens is 380 g/mol. The Hall–Kier alpha value is -3.08. The molecule has 10 nitrogen and oxygen atoms in total. The molecule has 0 aliphatic carbocycles. The molecule has 10 heteroatoms. The lowest BCUT2D eigenvalue weighted by Gasteiger charge is -2.32. The van der Waals surface area contributed by atoms with E-state index in [4.69, 9.17) is 9.84 Å². The molecule has 1 aliphatic rings. The number of aliphatic carboxylic acids is 1. The fraction of sp³-hybridized carbons (Fsp3) is 0.368. The Morgan fingerprint density at radius 3 is 2.38 bits per heavy atom. The van der Waals surface area contributed by atoms with Crippen LogP contribution in [0, 0.1) is 0 Å². The van der Waals surface area contributed by atoms with Crippen molar-refractivity contribution in [3.8, 4) is 0 Å². The van der Waals surface area contributed by atoms with Gasteiger partial charge in [0.25, 0.3) is 11.8 Å². The monoisotopic (exact) mass is 407 g/mol. The summed E-state index contributed by atoms with van der Waals surface area (Å²) >= 11 is 0. The highest BCUT2D eigenvalue weighted by molar-refractivity contribution is 6.00. The molecule has 1 rings (SSSR count). The van der Waals surface area contributed by atoms with Gasteiger partial charge in [0.15, 0.2) is 0 Å². The van der Waals surface area contributed by atoms with Crippen LogP contribution in [-0.4, -0.2) is 90.1 Å². The minimum absolute atomic E-state index is 0.0991. The van der Waals surface area contributed by atoms with Crippen molar-refractivity contribution >= 4 is 23.7 Å². The Kier molecular flexibility index (Phi) is 9.13. The van der Waals surface area contributed by atoms with E-state index >= 15 is 0 Å². The SMILES string of the molecule is C=CC(=O)N(CN1CCOCC1)C(=C)C(=O)NC=CC(=O)[N+](C)(C)C=CC(=O)O. The molecular formula is C19H27N4O6+. The molecule has 0 aromatic carbocycles. The second kappa shape index (κ2) is 11.1. The number of hydrogen-bond donors (Lipinski definition) is 2. The summed E-state index contributed by atoms with van der Waals surface area (Å²) in [6, 6.07) is 0. The smallest absolute Gasteiger partial charge is 0.344 e. The molecule has 0 radical (unpaired) electrons. The van der Waals surface area contributed by atoms with E-state index in [0.29, 0.717) is 26.3 Å². The molecule has 3 amide bonds. The van der Waals surface area contributed by atoms with Gasteiger partial charge in [-0.3, -0.25) is 19.4 Å². The molecule has 1 aliphatic heterocycles. The topological polar surface area (TPSA) is 116 Å². The summed E-state index contributed by atoms with van der Waals surface area (Å²) in [6.45, 7) is 9.56. The zero-order valence-electron chi connectivity index (χ0n) is 16.7. The van der Waals surface area contributed by atoms with E-state index in [-0.39, 0.29) is 16.8 Å². The number of quaternary nitrogens is 1. The summed E-state index contributed by atoms with van der Waals surface area (Å²) in [5.41, 5.74) is -0.0991. The van der Waals surface area contributed by atoms with E-state index in [1.54, 1.807) is 0 Å². The third-order valence-corrected chi connectivity index (χ3v) is 4.07. The Morgan fingerprint density at radius 2 is 1.83 bits per heavy atom. The van der Waals surface area contributed by atoms with E-state index in [1.165, 1.54) is 25.2 Å². The highest BCUT2D eigenvalue weighted by Crippen LogP contribution is 2.08. The number of hydrogen-bond acceptors (Lipinski definition) is 6. The van der Waals surface area contributed by atoms with Gasteiger partial charge < -0.3 is 15.2 Å². The summed E-state index contributed by atoms with van der Waals surface area (Å²) in [5.74, 6) is -2.79. The lowest BCUT2D eigenvalue weighted by atomic mass is 10.3. The Balaban J connectivity index is 2.73.